The number of carbonyl (C=O) groups is 1. The maximum atomic E-state index is 12.9. The number of amides is 1. The van der Waals surface area contributed by atoms with Crippen LogP contribution in [0.5, 0.6) is 0 Å². The molecule has 0 unspecified atom stereocenters. The zero-order valence-electron chi connectivity index (χ0n) is 13.3. The molecule has 0 aliphatic rings. The van der Waals surface area contributed by atoms with Crippen LogP contribution in [0.15, 0.2) is 65.8 Å². The quantitative estimate of drug-likeness (QED) is 0.673. The highest BCUT2D eigenvalue weighted by molar-refractivity contribution is 7.99. The van der Waals surface area contributed by atoms with Crippen LogP contribution in [0.2, 0.25) is 0 Å². The van der Waals surface area contributed by atoms with Crippen molar-refractivity contribution in [2.75, 3.05) is 11.1 Å². The number of nitrogens with zero attached hydrogens (tertiary/aromatic N) is 2. The van der Waals surface area contributed by atoms with Crippen LogP contribution in [-0.4, -0.2) is 26.8 Å². The fourth-order valence-corrected chi connectivity index (χ4v) is 3.00. The number of anilines is 1. The fourth-order valence-electron chi connectivity index (χ4n) is 2.47. The summed E-state index contributed by atoms with van der Waals surface area (Å²) in [6.07, 6.45) is 0. The number of hydrogen-bond acceptors (Lipinski definition) is 4. The number of rotatable bonds is 6. The summed E-state index contributed by atoms with van der Waals surface area (Å²) in [6, 6.07) is 19.4. The van der Waals surface area contributed by atoms with Gasteiger partial charge in [0.15, 0.2) is 0 Å². The molecule has 0 atom stereocenters. The molecule has 0 radical (unpaired) electrons. The number of hydrogen-bond donors (Lipinski definition) is 2. The highest BCUT2D eigenvalue weighted by atomic mass is 32.2. The summed E-state index contributed by atoms with van der Waals surface area (Å²) in [5, 5.41) is 10.3. The first-order chi connectivity index (χ1) is 11.8. The molecule has 0 aliphatic carbocycles. The Balaban J connectivity index is 1.86. The first-order valence-electron chi connectivity index (χ1n) is 7.74. The third kappa shape index (κ3) is 3.83. The number of aromatic nitrogens is 3. The molecular weight excluding hydrogens is 320 g/mol. The molecule has 2 aromatic carbocycles. The fraction of sp³-hybridized carbons (Fsp3) is 0.167. The topological polar surface area (TPSA) is 70.7 Å². The Morgan fingerprint density at radius 1 is 1.08 bits per heavy atom. The molecule has 1 aromatic heterocycles. The van der Waals surface area contributed by atoms with Crippen LogP contribution in [0.4, 0.5) is 5.95 Å². The zero-order chi connectivity index (χ0) is 16.8. The Bertz CT molecular complexity index is 750. The van der Waals surface area contributed by atoms with Gasteiger partial charge in [-0.3, -0.25) is 10.1 Å². The minimum Gasteiger partial charge on any atom is -0.294 e. The van der Waals surface area contributed by atoms with E-state index in [1.807, 2.05) is 67.6 Å². The Labute approximate surface area is 144 Å². The summed E-state index contributed by atoms with van der Waals surface area (Å²) in [7, 11) is 0. The summed E-state index contributed by atoms with van der Waals surface area (Å²) in [6.45, 7) is 2.03. The minimum atomic E-state index is -0.403. The van der Waals surface area contributed by atoms with Gasteiger partial charge in [-0.15, -0.1) is 5.10 Å². The second-order valence-electron chi connectivity index (χ2n) is 5.14. The molecule has 1 heterocycles. The van der Waals surface area contributed by atoms with Crippen LogP contribution in [0, 0.1) is 0 Å². The maximum Gasteiger partial charge on any atom is 0.238 e. The summed E-state index contributed by atoms with van der Waals surface area (Å²) in [4.78, 5) is 17.1. The summed E-state index contributed by atoms with van der Waals surface area (Å²) in [5.41, 5.74) is 1.87. The molecule has 2 N–H and O–H groups in total. The third-order valence-electron chi connectivity index (χ3n) is 3.51. The Morgan fingerprint density at radius 3 is 2.21 bits per heavy atom. The van der Waals surface area contributed by atoms with E-state index in [1.165, 1.54) is 11.8 Å². The van der Waals surface area contributed by atoms with Gasteiger partial charge in [0.25, 0.3) is 0 Å². The maximum absolute atomic E-state index is 12.9. The molecule has 3 aromatic rings. The minimum absolute atomic E-state index is 0.142. The first-order valence-corrected chi connectivity index (χ1v) is 8.72. The van der Waals surface area contributed by atoms with Gasteiger partial charge in [0.05, 0.1) is 5.92 Å². The second kappa shape index (κ2) is 7.79. The standard InChI is InChI=1S/C18H18N4OS/c1-2-24-18-20-17(21-22-18)19-16(23)15(13-9-5-3-6-10-13)14-11-7-4-8-12-14/h3-12,15H,2H2,1H3,(H2,19,20,21,22,23). The molecule has 0 saturated carbocycles. The van der Waals surface area contributed by atoms with E-state index in [9.17, 15) is 4.79 Å². The van der Waals surface area contributed by atoms with Gasteiger partial charge in [0.2, 0.25) is 17.0 Å². The number of aromatic amines is 1. The molecular formula is C18H18N4OS. The van der Waals surface area contributed by atoms with Crippen molar-refractivity contribution < 1.29 is 4.79 Å². The zero-order valence-corrected chi connectivity index (χ0v) is 14.1. The molecule has 0 spiro atoms. The Morgan fingerprint density at radius 2 is 1.67 bits per heavy atom. The van der Waals surface area contributed by atoms with Crippen LogP contribution in [-0.2, 0) is 4.79 Å². The molecule has 3 rings (SSSR count). The van der Waals surface area contributed by atoms with Gasteiger partial charge in [-0.05, 0) is 16.9 Å². The lowest BCUT2D eigenvalue weighted by Gasteiger charge is -2.16. The molecule has 1 amide bonds. The van der Waals surface area contributed by atoms with Crippen molar-refractivity contribution in [1.29, 1.82) is 0 Å². The van der Waals surface area contributed by atoms with Crippen molar-refractivity contribution in [2.24, 2.45) is 0 Å². The molecule has 6 heteroatoms. The lowest BCUT2D eigenvalue weighted by atomic mass is 9.90. The molecule has 24 heavy (non-hydrogen) atoms. The van der Waals surface area contributed by atoms with Gasteiger partial charge in [-0.1, -0.05) is 79.3 Å². The van der Waals surface area contributed by atoms with Crippen LogP contribution >= 0.6 is 11.8 Å². The highest BCUT2D eigenvalue weighted by Crippen LogP contribution is 2.26. The van der Waals surface area contributed by atoms with E-state index in [2.05, 4.69) is 20.5 Å². The average molecular weight is 338 g/mol. The Hall–Kier alpha value is -2.60. The van der Waals surface area contributed by atoms with Crippen LogP contribution in [0.1, 0.15) is 24.0 Å². The monoisotopic (exact) mass is 338 g/mol. The van der Waals surface area contributed by atoms with Crippen LogP contribution in [0.25, 0.3) is 0 Å². The SMILES string of the molecule is CCSc1n[nH]c(NC(=O)C(c2ccccc2)c2ccccc2)n1. The molecule has 0 aliphatic heterocycles. The first kappa shape index (κ1) is 16.3. The van der Waals surface area contributed by atoms with E-state index in [0.29, 0.717) is 11.1 Å². The van der Waals surface area contributed by atoms with Crippen molar-refractivity contribution in [3.63, 3.8) is 0 Å². The lowest BCUT2D eigenvalue weighted by Crippen LogP contribution is -2.22. The van der Waals surface area contributed by atoms with Crippen molar-refractivity contribution in [2.45, 2.75) is 18.0 Å². The van der Waals surface area contributed by atoms with E-state index in [-0.39, 0.29) is 5.91 Å². The number of benzene rings is 2. The summed E-state index contributed by atoms with van der Waals surface area (Å²) >= 11 is 1.52. The molecule has 0 bridgehead atoms. The van der Waals surface area contributed by atoms with Gasteiger partial charge >= 0.3 is 0 Å². The molecule has 0 fully saturated rings. The van der Waals surface area contributed by atoms with Gasteiger partial charge in [0, 0.05) is 0 Å². The van der Waals surface area contributed by atoms with Crippen molar-refractivity contribution in [1.82, 2.24) is 15.2 Å². The third-order valence-corrected chi connectivity index (χ3v) is 4.24. The van der Waals surface area contributed by atoms with Gasteiger partial charge < -0.3 is 0 Å². The number of thioether (sulfide) groups is 1. The normalized spacial score (nSPS) is 10.8. The lowest BCUT2D eigenvalue weighted by molar-refractivity contribution is -0.116. The van der Waals surface area contributed by atoms with E-state index in [0.717, 1.165) is 16.9 Å². The van der Waals surface area contributed by atoms with Crippen molar-refractivity contribution in [3.8, 4) is 0 Å². The summed E-state index contributed by atoms with van der Waals surface area (Å²) < 4.78 is 0. The van der Waals surface area contributed by atoms with Crippen LogP contribution in [0.3, 0.4) is 0 Å². The van der Waals surface area contributed by atoms with E-state index in [1.54, 1.807) is 0 Å². The van der Waals surface area contributed by atoms with Crippen LogP contribution < -0.4 is 5.32 Å². The van der Waals surface area contributed by atoms with E-state index >= 15 is 0 Å². The van der Waals surface area contributed by atoms with Crippen molar-refractivity contribution in [3.05, 3.63) is 71.8 Å². The van der Waals surface area contributed by atoms with Gasteiger partial charge in [0.1, 0.15) is 0 Å². The molecule has 5 nitrogen and oxygen atoms in total. The largest absolute Gasteiger partial charge is 0.294 e. The van der Waals surface area contributed by atoms with Gasteiger partial charge in [-0.2, -0.15) is 4.98 Å². The number of H-pyrrole nitrogens is 1. The predicted octanol–water partition coefficient (Wildman–Crippen LogP) is 3.69. The van der Waals surface area contributed by atoms with Gasteiger partial charge in [-0.25, -0.2) is 5.10 Å². The van der Waals surface area contributed by atoms with E-state index in [4.69, 9.17) is 0 Å². The molecule has 122 valence electrons. The summed E-state index contributed by atoms with van der Waals surface area (Å²) in [5.74, 6) is 0.700. The smallest absolute Gasteiger partial charge is 0.238 e. The number of nitrogens with one attached hydrogen (secondary N) is 2. The highest BCUT2D eigenvalue weighted by Gasteiger charge is 2.23. The predicted molar refractivity (Wildman–Crippen MR) is 96.1 cm³/mol. The average Bonchev–Trinajstić information content (AvgIpc) is 3.04. The molecule has 0 saturated heterocycles. The second-order valence-corrected chi connectivity index (χ2v) is 6.37. The number of carbonyl (C=O) groups excluding carboxylic acids is 1. The van der Waals surface area contributed by atoms with Crippen molar-refractivity contribution >= 4 is 23.6 Å². The Kier molecular flexibility index (Phi) is 5.28. The van der Waals surface area contributed by atoms with E-state index < -0.39 is 5.92 Å².